The van der Waals surface area contributed by atoms with Crippen LogP contribution in [-0.2, 0) is 14.4 Å². The van der Waals surface area contributed by atoms with Crippen LogP contribution in [0.3, 0.4) is 0 Å². The van der Waals surface area contributed by atoms with Gasteiger partial charge in [0.25, 0.3) is 0 Å². The number of carbonyl (C=O) groups excluding carboxylic acids is 1. The van der Waals surface area contributed by atoms with E-state index in [1.807, 2.05) is 0 Å². The Labute approximate surface area is 101 Å². The molecule has 1 unspecified atom stereocenters. The van der Waals surface area contributed by atoms with E-state index in [2.05, 4.69) is 15.4 Å². The molecule has 1 heterocycles. The van der Waals surface area contributed by atoms with Crippen LogP contribution in [0.4, 0.5) is 0 Å². The van der Waals surface area contributed by atoms with E-state index in [4.69, 9.17) is 10.2 Å². The maximum atomic E-state index is 11.7. The molecule has 0 fully saturated rings. The van der Waals surface area contributed by atoms with Gasteiger partial charge in [0.05, 0.1) is 6.42 Å². The molecule has 0 radical (unpaired) electrons. The van der Waals surface area contributed by atoms with Gasteiger partial charge in [-0.25, -0.2) is 14.5 Å². The largest absolute Gasteiger partial charge is 0.481 e. The Morgan fingerprint density at radius 1 is 1.39 bits per heavy atom. The van der Waals surface area contributed by atoms with E-state index in [1.54, 1.807) is 0 Å². The second kappa shape index (κ2) is 5.75. The number of carbonyl (C=O) groups is 3. The number of aliphatic carboxylic acids is 2. The summed E-state index contributed by atoms with van der Waals surface area (Å²) in [5, 5.41) is 23.2. The Morgan fingerprint density at radius 2 is 2.06 bits per heavy atom. The minimum absolute atomic E-state index is 0.644. The Bertz CT molecular complexity index is 444. The summed E-state index contributed by atoms with van der Waals surface area (Å²) >= 11 is 0. The van der Waals surface area contributed by atoms with Crippen molar-refractivity contribution in [3.63, 3.8) is 0 Å². The molecule has 0 aromatic carbocycles. The summed E-state index contributed by atoms with van der Waals surface area (Å²) in [6.45, 7) is 1.49. The van der Waals surface area contributed by atoms with Gasteiger partial charge in [-0.2, -0.15) is 5.10 Å². The first kappa shape index (κ1) is 13.6. The van der Waals surface area contributed by atoms with Crippen molar-refractivity contribution in [1.29, 1.82) is 0 Å². The first-order valence-electron chi connectivity index (χ1n) is 5.01. The first-order chi connectivity index (χ1) is 8.41. The monoisotopic (exact) mass is 256 g/mol. The highest BCUT2D eigenvalue weighted by Gasteiger charge is 2.26. The highest BCUT2D eigenvalue weighted by Crippen LogP contribution is 2.03. The first-order valence-corrected chi connectivity index (χ1v) is 5.01. The lowest BCUT2D eigenvalue weighted by Crippen LogP contribution is -2.44. The number of hydrogen-bond acceptors (Lipinski definition) is 5. The fraction of sp³-hybridized carbons (Fsp3) is 0.444. The lowest BCUT2D eigenvalue weighted by Gasteiger charge is -2.16. The molecule has 9 nitrogen and oxygen atoms in total. The van der Waals surface area contributed by atoms with Crippen molar-refractivity contribution in [2.24, 2.45) is 0 Å². The topological polar surface area (TPSA) is 134 Å². The van der Waals surface area contributed by atoms with E-state index in [0.717, 1.165) is 0 Å². The average molecular weight is 256 g/mol. The van der Waals surface area contributed by atoms with E-state index in [9.17, 15) is 14.4 Å². The van der Waals surface area contributed by atoms with Crippen molar-refractivity contribution in [3.05, 3.63) is 12.7 Å². The molecule has 0 saturated heterocycles. The van der Waals surface area contributed by atoms with Gasteiger partial charge in [-0.15, -0.1) is 0 Å². The van der Waals surface area contributed by atoms with Gasteiger partial charge in [0.2, 0.25) is 5.91 Å². The van der Waals surface area contributed by atoms with Crippen molar-refractivity contribution < 1.29 is 24.6 Å². The lowest BCUT2D eigenvalue weighted by molar-refractivity contribution is -0.147. The molecule has 0 saturated carbocycles. The molecular formula is C9H12N4O5. The van der Waals surface area contributed by atoms with Crippen LogP contribution < -0.4 is 5.32 Å². The van der Waals surface area contributed by atoms with Crippen molar-refractivity contribution in [2.75, 3.05) is 0 Å². The Hall–Kier alpha value is -2.45. The minimum atomic E-state index is -1.47. The van der Waals surface area contributed by atoms with Crippen molar-refractivity contribution in [3.8, 4) is 0 Å². The number of hydrogen-bond donors (Lipinski definition) is 3. The summed E-state index contributed by atoms with van der Waals surface area (Å²) in [5.74, 6) is -3.36. The van der Waals surface area contributed by atoms with Crippen LogP contribution in [0.2, 0.25) is 0 Å². The second-order valence-electron chi connectivity index (χ2n) is 3.55. The highest BCUT2D eigenvalue weighted by atomic mass is 16.4. The summed E-state index contributed by atoms with van der Waals surface area (Å²) in [6, 6.07) is -2.25. The fourth-order valence-corrected chi connectivity index (χ4v) is 1.20. The van der Waals surface area contributed by atoms with Gasteiger partial charge < -0.3 is 15.5 Å². The molecule has 1 amide bonds. The predicted octanol–water partition coefficient (Wildman–Crippen LogP) is -1.12. The molecular weight excluding hydrogens is 244 g/mol. The van der Waals surface area contributed by atoms with E-state index in [1.165, 1.54) is 24.3 Å². The third-order valence-electron chi connectivity index (χ3n) is 2.21. The third kappa shape index (κ3) is 3.54. The fourth-order valence-electron chi connectivity index (χ4n) is 1.20. The van der Waals surface area contributed by atoms with Crippen LogP contribution in [0.5, 0.6) is 0 Å². The van der Waals surface area contributed by atoms with Crippen molar-refractivity contribution >= 4 is 17.8 Å². The highest BCUT2D eigenvalue weighted by molar-refractivity contribution is 5.88. The van der Waals surface area contributed by atoms with E-state index < -0.39 is 36.4 Å². The average Bonchev–Trinajstić information content (AvgIpc) is 2.79. The molecule has 3 N–H and O–H groups in total. The number of nitrogens with one attached hydrogen (secondary N) is 1. The zero-order chi connectivity index (χ0) is 13.7. The summed E-state index contributed by atoms with van der Waals surface area (Å²) in [6.07, 6.45) is 1.85. The standard InChI is InChI=1S/C9H12N4O5/c1-5(13-4-10-3-11-13)8(16)12-6(9(17)18)2-7(14)15/h3-6H,2H2,1H3,(H,12,16)(H,14,15)(H,17,18)/t5?,6-/m1/s1. The van der Waals surface area contributed by atoms with Gasteiger partial charge in [-0.1, -0.05) is 0 Å². The molecule has 0 bridgehead atoms. The zero-order valence-electron chi connectivity index (χ0n) is 9.48. The van der Waals surface area contributed by atoms with Crippen LogP contribution in [0.25, 0.3) is 0 Å². The Kier molecular flexibility index (Phi) is 4.35. The molecule has 18 heavy (non-hydrogen) atoms. The molecule has 0 spiro atoms. The number of carboxylic acids is 2. The smallest absolute Gasteiger partial charge is 0.326 e. The maximum Gasteiger partial charge on any atom is 0.326 e. The molecule has 0 aliphatic heterocycles. The summed E-state index contributed by atoms with van der Waals surface area (Å²) in [7, 11) is 0. The van der Waals surface area contributed by atoms with Crippen LogP contribution in [0.1, 0.15) is 19.4 Å². The van der Waals surface area contributed by atoms with Gasteiger partial charge in [0, 0.05) is 0 Å². The second-order valence-corrected chi connectivity index (χ2v) is 3.55. The number of carboxylic acid groups (broad SMARTS) is 2. The van der Waals surface area contributed by atoms with Crippen molar-refractivity contribution in [1.82, 2.24) is 20.1 Å². The van der Waals surface area contributed by atoms with Gasteiger partial charge in [-0.3, -0.25) is 9.59 Å². The normalized spacial score (nSPS) is 13.6. The van der Waals surface area contributed by atoms with Gasteiger partial charge in [0.1, 0.15) is 24.7 Å². The number of aromatic nitrogens is 3. The van der Waals surface area contributed by atoms with Crippen LogP contribution >= 0.6 is 0 Å². The van der Waals surface area contributed by atoms with E-state index in [-0.39, 0.29) is 0 Å². The molecule has 1 aromatic rings. The Morgan fingerprint density at radius 3 is 2.50 bits per heavy atom. The summed E-state index contributed by atoms with van der Waals surface area (Å²) in [5.41, 5.74) is 0. The molecule has 9 heteroatoms. The van der Waals surface area contributed by atoms with Crippen LogP contribution in [0, 0.1) is 0 Å². The van der Waals surface area contributed by atoms with Gasteiger partial charge in [0.15, 0.2) is 0 Å². The maximum absolute atomic E-state index is 11.7. The van der Waals surface area contributed by atoms with Crippen LogP contribution in [-0.4, -0.2) is 48.9 Å². The molecule has 0 aliphatic carbocycles. The third-order valence-corrected chi connectivity index (χ3v) is 2.21. The molecule has 2 atom stereocenters. The summed E-state index contributed by atoms with van der Waals surface area (Å²) < 4.78 is 1.23. The number of rotatable bonds is 6. The SMILES string of the molecule is CC(C(=O)N[C@H](CC(=O)O)C(=O)O)n1cncn1. The quantitative estimate of drug-likeness (QED) is 0.586. The number of amides is 1. The predicted molar refractivity (Wildman–Crippen MR) is 56.6 cm³/mol. The van der Waals surface area contributed by atoms with Gasteiger partial charge in [-0.05, 0) is 6.92 Å². The van der Waals surface area contributed by atoms with Crippen molar-refractivity contribution in [2.45, 2.75) is 25.4 Å². The van der Waals surface area contributed by atoms with Gasteiger partial charge >= 0.3 is 11.9 Å². The molecule has 98 valence electrons. The number of nitrogens with zero attached hydrogens (tertiary/aromatic N) is 3. The molecule has 1 aromatic heterocycles. The molecule has 1 rings (SSSR count). The Balaban J connectivity index is 2.66. The lowest BCUT2D eigenvalue weighted by atomic mass is 10.2. The zero-order valence-corrected chi connectivity index (χ0v) is 9.48. The summed E-state index contributed by atoms with van der Waals surface area (Å²) in [4.78, 5) is 36.6. The van der Waals surface area contributed by atoms with Crippen LogP contribution in [0.15, 0.2) is 12.7 Å². The van der Waals surface area contributed by atoms with E-state index in [0.29, 0.717) is 0 Å². The molecule has 0 aliphatic rings. The van der Waals surface area contributed by atoms with E-state index >= 15 is 0 Å². The minimum Gasteiger partial charge on any atom is -0.481 e.